The van der Waals surface area contributed by atoms with Gasteiger partial charge in [0.2, 0.25) is 0 Å². The van der Waals surface area contributed by atoms with Crippen molar-refractivity contribution < 1.29 is 4.74 Å². The molecule has 0 unspecified atom stereocenters. The van der Waals surface area contributed by atoms with Crippen molar-refractivity contribution in [3.63, 3.8) is 0 Å². The van der Waals surface area contributed by atoms with Crippen LogP contribution in [0.4, 0.5) is 11.4 Å². The lowest BCUT2D eigenvalue weighted by atomic mass is 10.2. The van der Waals surface area contributed by atoms with E-state index in [2.05, 4.69) is 56.2 Å². The van der Waals surface area contributed by atoms with Gasteiger partial charge in [-0.05, 0) is 55.0 Å². The molecule has 1 aliphatic rings. The van der Waals surface area contributed by atoms with Gasteiger partial charge in [-0.15, -0.1) is 0 Å². The van der Waals surface area contributed by atoms with E-state index in [1.54, 1.807) is 7.11 Å². The Bertz CT molecular complexity index is 760. The van der Waals surface area contributed by atoms with Crippen LogP contribution in [-0.4, -0.2) is 43.3 Å². The van der Waals surface area contributed by atoms with Crippen molar-refractivity contribution in [3.8, 4) is 5.75 Å². The van der Waals surface area contributed by atoms with E-state index < -0.39 is 0 Å². The van der Waals surface area contributed by atoms with Gasteiger partial charge in [0.15, 0.2) is 5.11 Å². The van der Waals surface area contributed by atoms with Crippen LogP contribution in [0, 0.1) is 6.92 Å². The minimum atomic E-state index is 0.784. The van der Waals surface area contributed by atoms with Crippen LogP contribution in [0.2, 0.25) is 0 Å². The number of anilines is 2. The van der Waals surface area contributed by atoms with Gasteiger partial charge in [0.05, 0.1) is 7.11 Å². The highest BCUT2D eigenvalue weighted by molar-refractivity contribution is 9.10. The molecule has 0 spiro atoms. The number of benzene rings is 2. The Morgan fingerprint density at radius 1 is 1.12 bits per heavy atom. The molecule has 0 bridgehead atoms. The lowest BCUT2D eigenvalue weighted by molar-refractivity contribution is 0.389. The lowest BCUT2D eigenvalue weighted by Gasteiger charge is -2.37. The zero-order valence-corrected chi connectivity index (χ0v) is 16.9. The van der Waals surface area contributed by atoms with Crippen molar-refractivity contribution in [2.45, 2.75) is 6.92 Å². The van der Waals surface area contributed by atoms with Crippen molar-refractivity contribution >= 4 is 44.6 Å². The highest BCUT2D eigenvalue weighted by atomic mass is 79.9. The fraction of sp³-hybridized carbons (Fsp3) is 0.316. The van der Waals surface area contributed by atoms with E-state index in [9.17, 15) is 0 Å². The minimum absolute atomic E-state index is 0.784. The first-order chi connectivity index (χ1) is 12.1. The Labute approximate surface area is 162 Å². The number of thiocarbonyl (C=S) groups is 1. The Morgan fingerprint density at radius 3 is 2.56 bits per heavy atom. The Morgan fingerprint density at radius 2 is 1.88 bits per heavy atom. The van der Waals surface area contributed by atoms with E-state index in [1.807, 2.05) is 24.3 Å². The molecule has 1 heterocycles. The predicted octanol–water partition coefficient (Wildman–Crippen LogP) is 4.29. The van der Waals surface area contributed by atoms with E-state index in [-0.39, 0.29) is 0 Å². The Balaban J connectivity index is 1.57. The zero-order chi connectivity index (χ0) is 17.8. The summed E-state index contributed by atoms with van der Waals surface area (Å²) in [5, 5.41) is 4.13. The summed E-state index contributed by atoms with van der Waals surface area (Å²) in [5.74, 6) is 0.891. The molecule has 4 nitrogen and oxygen atoms in total. The van der Waals surface area contributed by atoms with Crippen molar-refractivity contribution in [2.24, 2.45) is 0 Å². The van der Waals surface area contributed by atoms with Crippen molar-refractivity contribution in [2.75, 3.05) is 43.5 Å². The molecular weight excluding hydrogens is 398 g/mol. The molecule has 0 aliphatic carbocycles. The molecular formula is C19H22BrN3OS. The topological polar surface area (TPSA) is 27.7 Å². The van der Waals surface area contributed by atoms with Crippen LogP contribution in [0.15, 0.2) is 46.9 Å². The number of rotatable bonds is 3. The van der Waals surface area contributed by atoms with Crippen LogP contribution in [-0.2, 0) is 0 Å². The number of halogens is 1. The average Bonchev–Trinajstić information content (AvgIpc) is 2.65. The fourth-order valence-corrected chi connectivity index (χ4v) is 3.45. The molecule has 0 radical (unpaired) electrons. The molecule has 2 aromatic rings. The van der Waals surface area contributed by atoms with Crippen LogP contribution < -0.4 is 15.0 Å². The fourth-order valence-electron chi connectivity index (χ4n) is 2.90. The van der Waals surface area contributed by atoms with Gasteiger partial charge < -0.3 is 19.9 Å². The number of methoxy groups -OCH3 is 1. The van der Waals surface area contributed by atoms with Crippen molar-refractivity contribution in [1.29, 1.82) is 0 Å². The molecule has 25 heavy (non-hydrogen) atoms. The molecule has 0 saturated carbocycles. The van der Waals surface area contributed by atoms with Gasteiger partial charge in [-0.25, -0.2) is 0 Å². The maximum absolute atomic E-state index is 5.59. The van der Waals surface area contributed by atoms with Crippen LogP contribution in [0.1, 0.15) is 5.56 Å². The largest absolute Gasteiger partial charge is 0.497 e. The van der Waals surface area contributed by atoms with Gasteiger partial charge in [-0.2, -0.15) is 0 Å². The van der Waals surface area contributed by atoms with Crippen molar-refractivity contribution in [3.05, 3.63) is 52.5 Å². The summed E-state index contributed by atoms with van der Waals surface area (Å²) < 4.78 is 6.43. The second-order valence-electron chi connectivity index (χ2n) is 6.07. The smallest absolute Gasteiger partial charge is 0.173 e. The molecule has 6 heteroatoms. The number of hydrogen-bond donors (Lipinski definition) is 1. The van der Waals surface area contributed by atoms with E-state index >= 15 is 0 Å². The highest BCUT2D eigenvalue weighted by Gasteiger charge is 2.19. The minimum Gasteiger partial charge on any atom is -0.497 e. The zero-order valence-electron chi connectivity index (χ0n) is 14.5. The number of ether oxygens (including phenoxy) is 1. The highest BCUT2D eigenvalue weighted by Crippen LogP contribution is 2.23. The molecule has 3 rings (SSSR count). The quantitative estimate of drug-likeness (QED) is 0.749. The molecule has 0 aromatic heterocycles. The van der Waals surface area contributed by atoms with Gasteiger partial charge in [-0.3, -0.25) is 0 Å². The monoisotopic (exact) mass is 419 g/mol. The first-order valence-corrected chi connectivity index (χ1v) is 9.48. The van der Waals surface area contributed by atoms with Crippen LogP contribution in [0.25, 0.3) is 0 Å². The summed E-state index contributed by atoms with van der Waals surface area (Å²) in [6, 6.07) is 14.4. The third-order valence-corrected chi connectivity index (χ3v) is 5.64. The second-order valence-corrected chi connectivity index (χ2v) is 7.31. The maximum atomic E-state index is 5.59. The van der Waals surface area contributed by atoms with Crippen LogP contribution in [0.3, 0.4) is 0 Å². The predicted molar refractivity (Wildman–Crippen MR) is 112 cm³/mol. The number of nitrogens with one attached hydrogen (secondary N) is 1. The molecule has 1 fully saturated rings. The summed E-state index contributed by atoms with van der Waals surface area (Å²) in [4.78, 5) is 4.59. The molecule has 132 valence electrons. The normalized spacial score (nSPS) is 14.4. The third kappa shape index (κ3) is 4.44. The van der Waals surface area contributed by atoms with Gasteiger partial charge in [0.1, 0.15) is 5.75 Å². The maximum Gasteiger partial charge on any atom is 0.173 e. The van der Waals surface area contributed by atoms with Gasteiger partial charge in [-0.1, -0.05) is 22.0 Å². The molecule has 0 amide bonds. The molecule has 1 aliphatic heterocycles. The molecule has 1 N–H and O–H groups in total. The molecule has 2 aromatic carbocycles. The van der Waals surface area contributed by atoms with Crippen molar-refractivity contribution in [1.82, 2.24) is 4.90 Å². The SMILES string of the molecule is COc1cccc(N2CCN(C(=S)Nc3ccc(Br)c(C)c3)CC2)c1. The van der Waals surface area contributed by atoms with Gasteiger partial charge in [0.25, 0.3) is 0 Å². The van der Waals surface area contributed by atoms with E-state index in [0.29, 0.717) is 0 Å². The molecule has 1 saturated heterocycles. The number of nitrogens with zero attached hydrogens (tertiary/aromatic N) is 2. The number of hydrogen-bond acceptors (Lipinski definition) is 3. The summed E-state index contributed by atoms with van der Waals surface area (Å²) >= 11 is 9.12. The van der Waals surface area contributed by atoms with E-state index in [4.69, 9.17) is 17.0 Å². The average molecular weight is 420 g/mol. The summed E-state index contributed by atoms with van der Waals surface area (Å²) in [5.41, 5.74) is 3.41. The Kier molecular flexibility index (Phi) is 5.81. The number of aryl methyl sites for hydroxylation is 1. The van der Waals surface area contributed by atoms with Gasteiger partial charge >= 0.3 is 0 Å². The van der Waals surface area contributed by atoms with E-state index in [0.717, 1.165) is 47.2 Å². The van der Waals surface area contributed by atoms with Crippen LogP contribution in [0.5, 0.6) is 5.75 Å². The standard InChI is InChI=1S/C19H22BrN3OS/c1-14-12-15(6-7-18(14)20)21-19(25)23-10-8-22(9-11-23)16-4-3-5-17(13-16)24-2/h3-7,12-13H,8-11H2,1-2H3,(H,21,25). The lowest BCUT2D eigenvalue weighted by Crippen LogP contribution is -2.50. The molecule has 0 atom stereocenters. The van der Waals surface area contributed by atoms with Gasteiger partial charge in [0, 0.05) is 48.1 Å². The summed E-state index contributed by atoms with van der Waals surface area (Å²) in [6.45, 7) is 5.75. The number of piperazine rings is 1. The first-order valence-electron chi connectivity index (χ1n) is 8.28. The first kappa shape index (κ1) is 18.0. The van der Waals surface area contributed by atoms with Crippen LogP contribution >= 0.6 is 28.1 Å². The summed E-state index contributed by atoms with van der Waals surface area (Å²) in [7, 11) is 1.70. The summed E-state index contributed by atoms with van der Waals surface area (Å²) in [6.07, 6.45) is 0. The third-order valence-electron chi connectivity index (χ3n) is 4.39. The van der Waals surface area contributed by atoms with E-state index in [1.165, 1.54) is 11.3 Å². The second kappa shape index (κ2) is 8.06. The Hall–Kier alpha value is -1.79.